The second-order valence-corrected chi connectivity index (χ2v) is 6.69. The normalized spacial score (nSPS) is 10.5. The maximum absolute atomic E-state index is 13.7. The highest BCUT2D eigenvalue weighted by Crippen LogP contribution is 2.19. The Bertz CT molecular complexity index is 1200. The Labute approximate surface area is 182 Å². The molecule has 2 heterocycles. The van der Waals surface area contributed by atoms with E-state index in [0.717, 1.165) is 0 Å². The predicted molar refractivity (Wildman–Crippen MR) is 112 cm³/mol. The van der Waals surface area contributed by atoms with Crippen molar-refractivity contribution in [2.75, 3.05) is 5.32 Å². The SMILES string of the molecule is O=C(NCc1ccco1)c1cc(COc2ccc(NC(=O)c3ccccc3F)cc2)on1. The summed E-state index contributed by atoms with van der Waals surface area (Å²) in [4.78, 5) is 24.3. The molecule has 162 valence electrons. The number of carbonyl (C=O) groups is 2. The molecule has 2 amide bonds. The number of nitrogens with one attached hydrogen (secondary N) is 2. The standard InChI is InChI=1S/C23H18FN3O5/c24-20-6-2-1-5-19(20)22(28)26-15-7-9-16(10-8-15)31-14-18-12-21(27-32-18)23(29)25-13-17-4-3-11-30-17/h1-12H,13-14H2,(H,25,29)(H,26,28). The van der Waals surface area contributed by atoms with Crippen molar-refractivity contribution in [2.24, 2.45) is 0 Å². The minimum Gasteiger partial charge on any atom is -0.486 e. The van der Waals surface area contributed by atoms with Crippen molar-refractivity contribution in [3.63, 3.8) is 0 Å². The van der Waals surface area contributed by atoms with Crippen molar-refractivity contribution in [1.29, 1.82) is 0 Å². The van der Waals surface area contributed by atoms with Gasteiger partial charge in [-0.1, -0.05) is 17.3 Å². The lowest BCUT2D eigenvalue weighted by Crippen LogP contribution is -2.22. The molecule has 4 rings (SSSR count). The van der Waals surface area contributed by atoms with Crippen LogP contribution in [0, 0.1) is 5.82 Å². The van der Waals surface area contributed by atoms with Gasteiger partial charge in [0.2, 0.25) is 0 Å². The van der Waals surface area contributed by atoms with Crippen LogP contribution in [0.5, 0.6) is 5.75 Å². The van der Waals surface area contributed by atoms with Gasteiger partial charge in [-0.05, 0) is 48.5 Å². The number of ether oxygens (including phenoxy) is 1. The molecular formula is C23H18FN3O5. The molecule has 0 fully saturated rings. The van der Waals surface area contributed by atoms with Crippen LogP contribution in [0.15, 0.2) is 81.9 Å². The van der Waals surface area contributed by atoms with E-state index in [9.17, 15) is 14.0 Å². The van der Waals surface area contributed by atoms with Gasteiger partial charge in [-0.25, -0.2) is 4.39 Å². The molecule has 32 heavy (non-hydrogen) atoms. The first-order valence-corrected chi connectivity index (χ1v) is 9.63. The van der Waals surface area contributed by atoms with Gasteiger partial charge < -0.3 is 24.3 Å². The van der Waals surface area contributed by atoms with Crippen LogP contribution in [0.3, 0.4) is 0 Å². The summed E-state index contributed by atoms with van der Waals surface area (Å²) in [5.41, 5.74) is 0.573. The van der Waals surface area contributed by atoms with E-state index in [1.807, 2.05) is 0 Å². The number of anilines is 1. The van der Waals surface area contributed by atoms with E-state index in [2.05, 4.69) is 15.8 Å². The van der Waals surface area contributed by atoms with E-state index in [1.165, 1.54) is 30.5 Å². The Hall–Kier alpha value is -4.40. The third-order valence-corrected chi connectivity index (χ3v) is 4.41. The number of aromatic nitrogens is 1. The van der Waals surface area contributed by atoms with E-state index in [4.69, 9.17) is 13.7 Å². The fourth-order valence-electron chi connectivity index (χ4n) is 2.79. The quantitative estimate of drug-likeness (QED) is 0.430. The van der Waals surface area contributed by atoms with Gasteiger partial charge >= 0.3 is 0 Å². The van der Waals surface area contributed by atoms with E-state index in [1.54, 1.807) is 42.5 Å². The molecule has 4 aromatic rings. The molecule has 0 aliphatic carbocycles. The number of furan rings is 1. The molecule has 2 aromatic carbocycles. The van der Waals surface area contributed by atoms with Gasteiger partial charge in [0.1, 0.15) is 23.9 Å². The molecule has 0 unspecified atom stereocenters. The van der Waals surface area contributed by atoms with Gasteiger partial charge in [0.25, 0.3) is 11.8 Å². The Balaban J connectivity index is 1.28. The highest BCUT2D eigenvalue weighted by Gasteiger charge is 2.14. The zero-order valence-electron chi connectivity index (χ0n) is 16.7. The summed E-state index contributed by atoms with van der Waals surface area (Å²) in [5, 5.41) is 9.03. The Morgan fingerprint density at radius 3 is 2.53 bits per heavy atom. The molecule has 0 aliphatic heterocycles. The van der Waals surface area contributed by atoms with E-state index < -0.39 is 17.6 Å². The van der Waals surface area contributed by atoms with Crippen LogP contribution >= 0.6 is 0 Å². The highest BCUT2D eigenvalue weighted by molar-refractivity contribution is 6.04. The monoisotopic (exact) mass is 435 g/mol. The summed E-state index contributed by atoms with van der Waals surface area (Å²) in [6.45, 7) is 0.295. The molecule has 0 saturated carbocycles. The summed E-state index contributed by atoms with van der Waals surface area (Å²) in [5.74, 6) is -0.0354. The first-order chi connectivity index (χ1) is 15.6. The number of hydrogen-bond acceptors (Lipinski definition) is 6. The predicted octanol–water partition coefficient (Wildman–Crippen LogP) is 4.17. The molecule has 0 saturated heterocycles. The maximum Gasteiger partial charge on any atom is 0.273 e. The number of hydrogen-bond donors (Lipinski definition) is 2. The summed E-state index contributed by atoms with van der Waals surface area (Å²) < 4.78 is 29.6. The molecule has 0 aliphatic rings. The van der Waals surface area contributed by atoms with E-state index in [0.29, 0.717) is 23.0 Å². The number of benzene rings is 2. The number of nitrogens with zero attached hydrogens (tertiary/aromatic N) is 1. The highest BCUT2D eigenvalue weighted by atomic mass is 19.1. The topological polar surface area (TPSA) is 107 Å². The minimum absolute atomic E-state index is 0.0397. The average molecular weight is 435 g/mol. The lowest BCUT2D eigenvalue weighted by molar-refractivity contribution is 0.0938. The second kappa shape index (κ2) is 9.61. The van der Waals surface area contributed by atoms with Crippen LogP contribution in [-0.2, 0) is 13.2 Å². The average Bonchev–Trinajstić information content (AvgIpc) is 3.49. The van der Waals surface area contributed by atoms with Crippen LogP contribution in [0.4, 0.5) is 10.1 Å². The maximum atomic E-state index is 13.7. The smallest absolute Gasteiger partial charge is 0.273 e. The second-order valence-electron chi connectivity index (χ2n) is 6.69. The number of amides is 2. The first-order valence-electron chi connectivity index (χ1n) is 9.63. The molecule has 2 N–H and O–H groups in total. The van der Waals surface area contributed by atoms with Gasteiger partial charge in [0.05, 0.1) is 18.4 Å². The number of rotatable bonds is 8. The lowest BCUT2D eigenvalue weighted by atomic mass is 10.2. The molecule has 0 bridgehead atoms. The fraction of sp³-hybridized carbons (Fsp3) is 0.0870. The molecular weight excluding hydrogens is 417 g/mol. The van der Waals surface area contributed by atoms with Crippen molar-refractivity contribution in [3.05, 3.63) is 102 Å². The van der Waals surface area contributed by atoms with Crippen molar-refractivity contribution in [2.45, 2.75) is 13.2 Å². The van der Waals surface area contributed by atoms with Crippen LogP contribution in [-0.4, -0.2) is 17.0 Å². The molecule has 0 radical (unpaired) electrons. The van der Waals surface area contributed by atoms with Crippen LogP contribution in [0.25, 0.3) is 0 Å². The van der Waals surface area contributed by atoms with E-state index in [-0.39, 0.29) is 24.4 Å². The molecule has 2 aromatic heterocycles. The van der Waals surface area contributed by atoms with Crippen molar-refractivity contribution >= 4 is 17.5 Å². The molecule has 9 heteroatoms. The Kier molecular flexibility index (Phi) is 6.26. The number of halogens is 1. The zero-order chi connectivity index (χ0) is 22.3. The fourth-order valence-corrected chi connectivity index (χ4v) is 2.79. The molecule has 8 nitrogen and oxygen atoms in total. The lowest BCUT2D eigenvalue weighted by Gasteiger charge is -2.08. The summed E-state index contributed by atoms with van der Waals surface area (Å²) >= 11 is 0. The largest absolute Gasteiger partial charge is 0.486 e. The van der Waals surface area contributed by atoms with Crippen LogP contribution in [0.2, 0.25) is 0 Å². The van der Waals surface area contributed by atoms with Gasteiger partial charge in [-0.15, -0.1) is 0 Å². The molecule has 0 atom stereocenters. The third-order valence-electron chi connectivity index (χ3n) is 4.41. The van der Waals surface area contributed by atoms with Gasteiger partial charge in [-0.3, -0.25) is 9.59 Å². The Morgan fingerprint density at radius 2 is 1.78 bits per heavy atom. The van der Waals surface area contributed by atoms with Gasteiger partial charge in [-0.2, -0.15) is 0 Å². The molecule has 0 spiro atoms. The summed E-state index contributed by atoms with van der Waals surface area (Å²) in [6.07, 6.45) is 1.52. The van der Waals surface area contributed by atoms with Crippen LogP contribution < -0.4 is 15.4 Å². The Morgan fingerprint density at radius 1 is 0.969 bits per heavy atom. The summed E-state index contributed by atoms with van der Waals surface area (Å²) in [7, 11) is 0. The first kappa shape index (κ1) is 20.9. The van der Waals surface area contributed by atoms with Crippen molar-refractivity contribution < 1.29 is 27.7 Å². The van der Waals surface area contributed by atoms with Crippen molar-refractivity contribution in [1.82, 2.24) is 10.5 Å². The summed E-state index contributed by atoms with van der Waals surface area (Å²) in [6, 6.07) is 17.2. The van der Waals surface area contributed by atoms with Gasteiger partial charge in [0, 0.05) is 11.8 Å². The van der Waals surface area contributed by atoms with E-state index >= 15 is 0 Å². The zero-order valence-corrected chi connectivity index (χ0v) is 16.7. The van der Waals surface area contributed by atoms with Crippen LogP contribution in [0.1, 0.15) is 32.4 Å². The van der Waals surface area contributed by atoms with Crippen molar-refractivity contribution in [3.8, 4) is 5.75 Å². The number of carbonyl (C=O) groups excluding carboxylic acids is 2. The minimum atomic E-state index is -0.592. The third kappa shape index (κ3) is 5.20. The van der Waals surface area contributed by atoms with Gasteiger partial charge in [0.15, 0.2) is 11.5 Å².